The van der Waals surface area contributed by atoms with E-state index in [1.54, 1.807) is 0 Å². The molecular weight excluding hydrogens is 426 g/mol. The summed E-state index contributed by atoms with van der Waals surface area (Å²) in [4.78, 5) is 9.33. The maximum atomic E-state index is 9.44. The lowest BCUT2D eigenvalue weighted by atomic mass is 9.97. The number of nitriles is 1. The van der Waals surface area contributed by atoms with Gasteiger partial charge >= 0.3 is 0 Å². The van der Waals surface area contributed by atoms with Crippen molar-refractivity contribution in [2.45, 2.75) is 51.4 Å². The van der Waals surface area contributed by atoms with Crippen LogP contribution in [0.15, 0.2) is 30.5 Å². The molecule has 0 amide bonds. The molecule has 3 aliphatic rings. The second-order valence-corrected chi connectivity index (χ2v) is 9.66. The fourth-order valence-corrected chi connectivity index (χ4v) is 5.13. The highest BCUT2D eigenvalue weighted by Crippen LogP contribution is 2.34. The van der Waals surface area contributed by atoms with Crippen LogP contribution in [0.2, 0.25) is 0 Å². The van der Waals surface area contributed by atoms with Crippen LogP contribution in [0.25, 0.3) is 10.8 Å². The van der Waals surface area contributed by atoms with Gasteiger partial charge in [-0.15, -0.1) is 5.10 Å². The number of hydrogen-bond acceptors (Lipinski definition) is 8. The van der Waals surface area contributed by atoms with Gasteiger partial charge in [-0.3, -0.25) is 0 Å². The highest BCUT2D eigenvalue weighted by molar-refractivity contribution is 5.94. The molecule has 2 bridgehead atoms. The summed E-state index contributed by atoms with van der Waals surface area (Å²) < 4.78 is 5.90. The van der Waals surface area contributed by atoms with Crippen LogP contribution >= 0.6 is 0 Å². The zero-order chi connectivity index (χ0) is 23.8. The molecule has 34 heavy (non-hydrogen) atoms. The van der Waals surface area contributed by atoms with Gasteiger partial charge in [-0.25, -0.2) is 4.98 Å². The van der Waals surface area contributed by atoms with E-state index in [1.807, 2.05) is 39.3 Å². The molecule has 176 valence electrons. The number of aromatic nitrogens is 3. The number of nitrogens with zero attached hydrogens (tertiary/aromatic N) is 6. The Morgan fingerprint density at radius 2 is 2.12 bits per heavy atom. The Labute approximate surface area is 200 Å². The first-order valence-corrected chi connectivity index (χ1v) is 11.9. The average molecular weight is 458 g/mol. The van der Waals surface area contributed by atoms with Gasteiger partial charge in [-0.1, -0.05) is 12.1 Å². The summed E-state index contributed by atoms with van der Waals surface area (Å²) >= 11 is 0. The molecule has 6 rings (SSSR count). The van der Waals surface area contributed by atoms with Crippen molar-refractivity contribution >= 4 is 22.4 Å². The molecule has 0 spiro atoms. The van der Waals surface area contributed by atoms with E-state index in [0.717, 1.165) is 65.2 Å². The number of rotatable bonds is 6. The fourth-order valence-electron chi connectivity index (χ4n) is 5.13. The van der Waals surface area contributed by atoms with Crippen molar-refractivity contribution in [3.8, 4) is 6.07 Å². The van der Waals surface area contributed by atoms with Gasteiger partial charge in [-0.2, -0.15) is 10.4 Å². The Hall–Kier alpha value is -3.28. The van der Waals surface area contributed by atoms with Crippen molar-refractivity contribution in [3.63, 3.8) is 0 Å². The van der Waals surface area contributed by atoms with E-state index in [2.05, 4.69) is 50.4 Å². The molecule has 5 heterocycles. The van der Waals surface area contributed by atoms with Gasteiger partial charge < -0.3 is 19.9 Å². The predicted molar refractivity (Wildman–Crippen MR) is 133 cm³/mol. The molecule has 3 fully saturated rings. The van der Waals surface area contributed by atoms with Crippen molar-refractivity contribution in [3.05, 3.63) is 52.8 Å². The number of pyridine rings is 1. The molecule has 8 nitrogen and oxygen atoms in total. The van der Waals surface area contributed by atoms with Gasteiger partial charge in [-0.05, 0) is 64.0 Å². The number of hydrogen-bond donors (Lipinski definition) is 1. The van der Waals surface area contributed by atoms with Crippen molar-refractivity contribution in [1.29, 1.82) is 5.26 Å². The normalized spacial score (nSPS) is 20.5. The molecular formula is C26H31N7O. The van der Waals surface area contributed by atoms with Crippen LogP contribution in [0.4, 0.5) is 11.6 Å². The van der Waals surface area contributed by atoms with Crippen molar-refractivity contribution in [2.75, 3.05) is 37.5 Å². The van der Waals surface area contributed by atoms with Crippen molar-refractivity contribution in [1.82, 2.24) is 20.1 Å². The molecule has 0 radical (unpaired) electrons. The average Bonchev–Trinajstić information content (AvgIpc) is 2.85. The number of nitrogens with one attached hydrogen (secondary N) is 1. The lowest BCUT2D eigenvalue weighted by Crippen LogP contribution is -2.54. The van der Waals surface area contributed by atoms with Gasteiger partial charge in [0, 0.05) is 30.1 Å². The fraction of sp³-hybridized carbons (Fsp3) is 0.462. The largest absolute Gasteiger partial charge is 0.374 e. The zero-order valence-electron chi connectivity index (χ0n) is 20.2. The summed E-state index contributed by atoms with van der Waals surface area (Å²) in [5, 5.41) is 24.2. The molecule has 3 atom stereocenters. The number of fused-ring (bicyclic) bond motifs is 4. The molecule has 8 heteroatoms. The number of ether oxygens (including phenoxy) is 1. The third-order valence-corrected chi connectivity index (χ3v) is 6.99. The summed E-state index contributed by atoms with van der Waals surface area (Å²) in [6, 6.07) is 10.6. The van der Waals surface area contributed by atoms with E-state index in [4.69, 9.17) is 9.72 Å². The Bertz CT molecular complexity index is 1240. The minimum absolute atomic E-state index is 0.0403. The van der Waals surface area contributed by atoms with Crippen molar-refractivity contribution < 1.29 is 4.74 Å². The van der Waals surface area contributed by atoms with Crippen LogP contribution in [0.1, 0.15) is 48.2 Å². The number of piperidine rings is 1. The number of morpholine rings is 1. The van der Waals surface area contributed by atoms with Crippen LogP contribution < -0.4 is 10.2 Å². The first-order chi connectivity index (χ1) is 16.4. The monoisotopic (exact) mass is 457 g/mol. The summed E-state index contributed by atoms with van der Waals surface area (Å²) in [6.07, 6.45) is 4.49. The van der Waals surface area contributed by atoms with Gasteiger partial charge in [0.2, 0.25) is 0 Å². The maximum Gasteiger partial charge on any atom is 0.157 e. The second-order valence-electron chi connectivity index (χ2n) is 9.66. The molecule has 2 aromatic heterocycles. The smallest absolute Gasteiger partial charge is 0.157 e. The molecule has 3 saturated heterocycles. The van der Waals surface area contributed by atoms with Crippen LogP contribution in [-0.2, 0) is 11.3 Å². The molecule has 1 N–H and O–H groups in total. The Kier molecular flexibility index (Phi) is 6.07. The Morgan fingerprint density at radius 3 is 2.79 bits per heavy atom. The summed E-state index contributed by atoms with van der Waals surface area (Å²) in [5.41, 5.74) is 3.66. The van der Waals surface area contributed by atoms with Crippen LogP contribution in [0, 0.1) is 18.3 Å². The third kappa shape index (κ3) is 4.17. The predicted octanol–water partition coefficient (Wildman–Crippen LogP) is 3.81. The van der Waals surface area contributed by atoms with E-state index in [1.165, 1.54) is 0 Å². The molecule has 1 aromatic carbocycles. The standard InChI is InChI=1S/C26H31N7O/c1-16-18(11-27)6-5-7-21(16)17(2)29-26-22-10-25(33-13-20-9-8-19(33)15-34-20)28-12-23(22)24(30-31-26)14-32(3)4/h5-7,10,12,17,19-20H,8-9,13-15H2,1-4H3,(H,29,31)/t17-,19-,20-/m1/s1. The Morgan fingerprint density at radius 1 is 1.26 bits per heavy atom. The minimum Gasteiger partial charge on any atom is -0.374 e. The third-order valence-electron chi connectivity index (χ3n) is 6.99. The number of benzene rings is 1. The van der Waals surface area contributed by atoms with Gasteiger partial charge in [0.15, 0.2) is 5.82 Å². The summed E-state index contributed by atoms with van der Waals surface area (Å²) in [5.74, 6) is 1.70. The Balaban J connectivity index is 1.54. The first kappa shape index (κ1) is 22.5. The molecule has 0 unspecified atom stereocenters. The quantitative estimate of drug-likeness (QED) is 0.598. The maximum absolute atomic E-state index is 9.44. The lowest BCUT2D eigenvalue weighted by molar-refractivity contribution is -0.0228. The second kappa shape index (κ2) is 9.16. The van der Waals surface area contributed by atoms with Crippen LogP contribution in [0.3, 0.4) is 0 Å². The molecule has 0 saturated carbocycles. The van der Waals surface area contributed by atoms with Gasteiger partial charge in [0.1, 0.15) is 5.82 Å². The van der Waals surface area contributed by atoms with Gasteiger partial charge in [0.05, 0.1) is 42.1 Å². The number of anilines is 2. The summed E-state index contributed by atoms with van der Waals surface area (Å²) in [7, 11) is 4.05. The lowest BCUT2D eigenvalue weighted by Gasteiger charge is -2.45. The van der Waals surface area contributed by atoms with Crippen LogP contribution in [0.5, 0.6) is 0 Å². The molecule has 0 aliphatic carbocycles. The summed E-state index contributed by atoms with van der Waals surface area (Å²) in [6.45, 7) is 6.41. The van der Waals surface area contributed by atoms with E-state index in [0.29, 0.717) is 18.2 Å². The van der Waals surface area contributed by atoms with E-state index >= 15 is 0 Å². The van der Waals surface area contributed by atoms with E-state index in [9.17, 15) is 5.26 Å². The first-order valence-electron chi connectivity index (χ1n) is 11.9. The SMILES string of the molecule is Cc1c(C#N)cccc1[C@@H](C)Nc1nnc(CN(C)C)c2cnc(N3C[C@H]4CC[C@@H]3CO4)cc12. The molecule has 3 aliphatic heterocycles. The highest BCUT2D eigenvalue weighted by atomic mass is 16.5. The minimum atomic E-state index is -0.0403. The van der Waals surface area contributed by atoms with Crippen LogP contribution in [-0.4, -0.2) is 59.5 Å². The van der Waals surface area contributed by atoms with E-state index < -0.39 is 0 Å². The van der Waals surface area contributed by atoms with E-state index in [-0.39, 0.29) is 12.1 Å². The topological polar surface area (TPSA) is 90.2 Å². The van der Waals surface area contributed by atoms with Gasteiger partial charge in [0.25, 0.3) is 0 Å². The van der Waals surface area contributed by atoms with Crippen molar-refractivity contribution in [2.24, 2.45) is 0 Å². The highest BCUT2D eigenvalue weighted by Gasteiger charge is 2.35. The zero-order valence-corrected chi connectivity index (χ0v) is 20.2. The molecule has 3 aromatic rings.